The SMILES string of the molecule is Cc1ccc(CN(C)C(=O)c2ccc(C(=O)O)cn2)cc1. The molecule has 0 atom stereocenters. The van der Waals surface area contributed by atoms with E-state index in [-0.39, 0.29) is 17.2 Å². The van der Waals surface area contributed by atoms with Gasteiger partial charge in [0.05, 0.1) is 5.56 Å². The quantitative estimate of drug-likeness (QED) is 0.935. The summed E-state index contributed by atoms with van der Waals surface area (Å²) in [5.74, 6) is -1.30. The van der Waals surface area contributed by atoms with E-state index in [4.69, 9.17) is 5.11 Å². The van der Waals surface area contributed by atoms with E-state index in [0.717, 1.165) is 5.56 Å². The van der Waals surface area contributed by atoms with Crippen molar-refractivity contribution in [2.24, 2.45) is 0 Å². The van der Waals surface area contributed by atoms with Crippen LogP contribution >= 0.6 is 0 Å². The van der Waals surface area contributed by atoms with Crippen molar-refractivity contribution in [3.05, 3.63) is 65.0 Å². The highest BCUT2D eigenvalue weighted by molar-refractivity contribution is 5.93. The standard InChI is InChI=1S/C16H16N2O3/c1-11-3-5-12(6-4-11)10-18(2)15(19)14-8-7-13(9-17-14)16(20)21/h3-9H,10H2,1-2H3,(H,20,21). The van der Waals surface area contributed by atoms with Gasteiger partial charge in [-0.15, -0.1) is 0 Å². The average molecular weight is 284 g/mol. The van der Waals surface area contributed by atoms with Crippen LogP contribution in [-0.4, -0.2) is 33.9 Å². The van der Waals surface area contributed by atoms with Crippen LogP contribution in [0.3, 0.4) is 0 Å². The molecule has 1 amide bonds. The Hall–Kier alpha value is -2.69. The molecule has 1 N–H and O–H groups in total. The number of carboxylic acids is 1. The van der Waals surface area contributed by atoms with Gasteiger partial charge in [-0.25, -0.2) is 4.79 Å². The zero-order chi connectivity index (χ0) is 15.4. The van der Waals surface area contributed by atoms with Crippen molar-refractivity contribution in [2.45, 2.75) is 13.5 Å². The van der Waals surface area contributed by atoms with Crippen molar-refractivity contribution < 1.29 is 14.7 Å². The van der Waals surface area contributed by atoms with E-state index in [1.54, 1.807) is 11.9 Å². The highest BCUT2D eigenvalue weighted by atomic mass is 16.4. The molecule has 5 heteroatoms. The zero-order valence-corrected chi connectivity index (χ0v) is 11.9. The largest absolute Gasteiger partial charge is 0.478 e. The van der Waals surface area contributed by atoms with Gasteiger partial charge in [0.25, 0.3) is 5.91 Å². The second-order valence-electron chi connectivity index (χ2n) is 4.88. The molecule has 0 saturated heterocycles. The number of hydrogen-bond acceptors (Lipinski definition) is 3. The molecule has 0 aliphatic carbocycles. The molecule has 21 heavy (non-hydrogen) atoms. The van der Waals surface area contributed by atoms with Gasteiger partial charge in [0.1, 0.15) is 5.69 Å². The number of carboxylic acid groups (broad SMARTS) is 1. The molecular weight excluding hydrogens is 268 g/mol. The Morgan fingerprint density at radius 2 is 1.81 bits per heavy atom. The van der Waals surface area contributed by atoms with Crippen LogP contribution < -0.4 is 0 Å². The third-order valence-corrected chi connectivity index (χ3v) is 3.12. The summed E-state index contributed by atoms with van der Waals surface area (Å²) < 4.78 is 0. The normalized spacial score (nSPS) is 10.2. The third kappa shape index (κ3) is 3.66. The van der Waals surface area contributed by atoms with E-state index in [9.17, 15) is 9.59 Å². The Morgan fingerprint density at radius 3 is 2.33 bits per heavy atom. The van der Waals surface area contributed by atoms with E-state index >= 15 is 0 Å². The predicted molar refractivity (Wildman–Crippen MR) is 78.2 cm³/mol. The van der Waals surface area contributed by atoms with Crippen LogP contribution in [0.1, 0.15) is 32.0 Å². The topological polar surface area (TPSA) is 70.5 Å². The van der Waals surface area contributed by atoms with Crippen LogP contribution in [0.5, 0.6) is 0 Å². The summed E-state index contributed by atoms with van der Waals surface area (Å²) >= 11 is 0. The molecule has 1 aromatic carbocycles. The van der Waals surface area contributed by atoms with Crippen LogP contribution in [0.25, 0.3) is 0 Å². The minimum Gasteiger partial charge on any atom is -0.478 e. The van der Waals surface area contributed by atoms with Crippen LogP contribution in [0.2, 0.25) is 0 Å². The second-order valence-corrected chi connectivity index (χ2v) is 4.88. The van der Waals surface area contributed by atoms with Gasteiger partial charge in [-0.3, -0.25) is 9.78 Å². The van der Waals surface area contributed by atoms with Gasteiger partial charge < -0.3 is 10.0 Å². The fraction of sp³-hybridized carbons (Fsp3) is 0.188. The molecule has 1 heterocycles. The fourth-order valence-electron chi connectivity index (χ4n) is 1.88. The van der Waals surface area contributed by atoms with E-state index in [1.807, 2.05) is 31.2 Å². The molecule has 0 aliphatic heterocycles. The Kier molecular flexibility index (Phi) is 4.33. The van der Waals surface area contributed by atoms with Gasteiger partial charge >= 0.3 is 5.97 Å². The summed E-state index contributed by atoms with van der Waals surface area (Å²) in [7, 11) is 1.69. The first kappa shape index (κ1) is 14.7. The summed E-state index contributed by atoms with van der Waals surface area (Å²) in [6.07, 6.45) is 1.19. The smallest absolute Gasteiger partial charge is 0.337 e. The second kappa shape index (κ2) is 6.17. The van der Waals surface area contributed by atoms with Crippen molar-refractivity contribution in [3.63, 3.8) is 0 Å². The van der Waals surface area contributed by atoms with Crippen LogP contribution in [0.15, 0.2) is 42.6 Å². The van der Waals surface area contributed by atoms with Crippen LogP contribution in [0.4, 0.5) is 0 Å². The molecule has 0 spiro atoms. The average Bonchev–Trinajstić information content (AvgIpc) is 2.49. The first-order chi connectivity index (χ1) is 9.97. The zero-order valence-electron chi connectivity index (χ0n) is 11.9. The Balaban J connectivity index is 2.08. The Morgan fingerprint density at radius 1 is 1.14 bits per heavy atom. The summed E-state index contributed by atoms with van der Waals surface area (Å²) in [5, 5.41) is 8.81. The first-order valence-electron chi connectivity index (χ1n) is 6.47. The van der Waals surface area contributed by atoms with Gasteiger partial charge in [0.15, 0.2) is 0 Å². The molecular formula is C16H16N2O3. The Bertz CT molecular complexity index is 648. The molecule has 0 unspecified atom stereocenters. The summed E-state index contributed by atoms with van der Waals surface area (Å²) in [6, 6.07) is 10.7. The molecule has 108 valence electrons. The lowest BCUT2D eigenvalue weighted by molar-refractivity contribution is 0.0694. The van der Waals surface area contributed by atoms with Crippen molar-refractivity contribution in [1.29, 1.82) is 0 Å². The highest BCUT2D eigenvalue weighted by Crippen LogP contribution is 2.09. The van der Waals surface area contributed by atoms with Crippen molar-refractivity contribution in [3.8, 4) is 0 Å². The molecule has 2 rings (SSSR count). The molecule has 1 aromatic heterocycles. The highest BCUT2D eigenvalue weighted by Gasteiger charge is 2.14. The number of carbonyl (C=O) groups is 2. The van der Waals surface area contributed by atoms with E-state index in [0.29, 0.717) is 6.54 Å². The molecule has 2 aromatic rings. The number of carbonyl (C=O) groups excluding carboxylic acids is 1. The number of aryl methyl sites for hydroxylation is 1. The van der Waals surface area contributed by atoms with Gasteiger partial charge in [-0.05, 0) is 24.6 Å². The fourth-order valence-corrected chi connectivity index (χ4v) is 1.88. The molecule has 5 nitrogen and oxygen atoms in total. The summed E-state index contributed by atoms with van der Waals surface area (Å²) in [4.78, 5) is 28.4. The maximum Gasteiger partial charge on any atom is 0.337 e. The lowest BCUT2D eigenvalue weighted by atomic mass is 10.1. The molecule has 0 fully saturated rings. The number of hydrogen-bond donors (Lipinski definition) is 1. The van der Waals surface area contributed by atoms with E-state index < -0.39 is 5.97 Å². The van der Waals surface area contributed by atoms with Crippen LogP contribution in [0, 0.1) is 6.92 Å². The Labute approximate surface area is 122 Å². The van der Waals surface area contributed by atoms with Gasteiger partial charge in [-0.1, -0.05) is 29.8 Å². The summed E-state index contributed by atoms with van der Waals surface area (Å²) in [5.41, 5.74) is 2.49. The number of amides is 1. The number of benzene rings is 1. The van der Waals surface area contributed by atoms with E-state index in [1.165, 1.54) is 23.9 Å². The number of nitrogens with zero attached hydrogens (tertiary/aromatic N) is 2. The number of aromatic nitrogens is 1. The first-order valence-corrected chi connectivity index (χ1v) is 6.47. The lowest BCUT2D eigenvalue weighted by Crippen LogP contribution is -2.27. The van der Waals surface area contributed by atoms with E-state index in [2.05, 4.69) is 4.98 Å². The third-order valence-electron chi connectivity index (χ3n) is 3.12. The maximum absolute atomic E-state index is 12.2. The monoisotopic (exact) mass is 284 g/mol. The van der Waals surface area contributed by atoms with Crippen molar-refractivity contribution in [1.82, 2.24) is 9.88 Å². The molecule has 0 saturated carbocycles. The van der Waals surface area contributed by atoms with Crippen molar-refractivity contribution >= 4 is 11.9 Å². The number of pyridine rings is 1. The minimum atomic E-state index is -1.06. The van der Waals surface area contributed by atoms with Gasteiger partial charge in [0, 0.05) is 19.8 Å². The predicted octanol–water partition coefficient (Wildman–Crippen LogP) is 2.36. The van der Waals surface area contributed by atoms with Gasteiger partial charge in [-0.2, -0.15) is 0 Å². The maximum atomic E-state index is 12.2. The number of rotatable bonds is 4. The lowest BCUT2D eigenvalue weighted by Gasteiger charge is -2.17. The molecule has 0 radical (unpaired) electrons. The van der Waals surface area contributed by atoms with Gasteiger partial charge in [0.2, 0.25) is 0 Å². The molecule has 0 bridgehead atoms. The summed E-state index contributed by atoms with van der Waals surface area (Å²) in [6.45, 7) is 2.48. The minimum absolute atomic E-state index is 0.0627. The van der Waals surface area contributed by atoms with Crippen molar-refractivity contribution in [2.75, 3.05) is 7.05 Å². The van der Waals surface area contributed by atoms with Crippen LogP contribution in [-0.2, 0) is 6.54 Å². The number of aromatic carboxylic acids is 1. The molecule has 0 aliphatic rings.